The van der Waals surface area contributed by atoms with Gasteiger partial charge in [-0.3, -0.25) is 0 Å². The maximum Gasteiger partial charge on any atom is 0.252 e. The SMILES string of the molecule is CCCNCCc1ccc(S(=O)(=O)N2CC3CCC2C3)s1. The quantitative estimate of drug-likeness (QED) is 0.782. The molecule has 1 aromatic heterocycles. The number of nitrogens with one attached hydrogen (secondary N) is 1. The van der Waals surface area contributed by atoms with Gasteiger partial charge in [0.2, 0.25) is 0 Å². The second-order valence-electron chi connectivity index (χ2n) is 6.13. The predicted octanol–water partition coefficient (Wildman–Crippen LogP) is 2.46. The minimum absolute atomic E-state index is 0.261. The van der Waals surface area contributed by atoms with Crippen molar-refractivity contribution in [1.82, 2.24) is 9.62 Å². The molecule has 2 unspecified atom stereocenters. The Morgan fingerprint density at radius 1 is 1.33 bits per heavy atom. The van der Waals surface area contributed by atoms with Crippen LogP contribution in [0.1, 0.15) is 37.5 Å². The monoisotopic (exact) mass is 328 g/mol. The molecule has 0 amide bonds. The summed E-state index contributed by atoms with van der Waals surface area (Å²) >= 11 is 1.44. The normalized spacial score (nSPS) is 25.8. The second kappa shape index (κ2) is 6.36. The minimum Gasteiger partial charge on any atom is -0.316 e. The fraction of sp³-hybridized carbons (Fsp3) is 0.733. The molecular formula is C15H24N2O2S2. The standard InChI is InChI=1S/C15H24N2O2S2/c1-2-8-16-9-7-14-5-6-15(20-14)21(18,19)17-11-12-3-4-13(17)10-12/h5-6,12-13,16H,2-4,7-11H2,1H3. The Kier molecular flexibility index (Phi) is 4.69. The van der Waals surface area contributed by atoms with E-state index in [1.807, 2.05) is 6.07 Å². The average Bonchev–Trinajstić information content (AvgIpc) is 3.19. The van der Waals surface area contributed by atoms with Crippen LogP contribution in [-0.4, -0.2) is 38.4 Å². The fourth-order valence-corrected chi connectivity index (χ4v) is 6.66. The lowest BCUT2D eigenvalue weighted by Crippen LogP contribution is -2.37. The number of rotatable bonds is 7. The van der Waals surface area contributed by atoms with Crippen molar-refractivity contribution in [3.05, 3.63) is 17.0 Å². The average molecular weight is 329 g/mol. The second-order valence-corrected chi connectivity index (χ2v) is 9.41. The lowest BCUT2D eigenvalue weighted by Gasteiger charge is -2.25. The summed E-state index contributed by atoms with van der Waals surface area (Å²) in [5.41, 5.74) is 0. The molecule has 2 heterocycles. The summed E-state index contributed by atoms with van der Waals surface area (Å²) < 4.78 is 27.8. The van der Waals surface area contributed by atoms with Gasteiger partial charge in [0.05, 0.1) is 0 Å². The molecule has 0 radical (unpaired) electrons. The first kappa shape index (κ1) is 15.5. The first-order valence-electron chi connectivity index (χ1n) is 7.92. The molecule has 1 aliphatic carbocycles. The number of thiophene rings is 1. The molecule has 2 aliphatic rings. The Morgan fingerprint density at radius 2 is 2.19 bits per heavy atom. The van der Waals surface area contributed by atoms with E-state index in [4.69, 9.17) is 0 Å². The molecule has 4 nitrogen and oxygen atoms in total. The highest BCUT2D eigenvalue weighted by Crippen LogP contribution is 2.41. The number of sulfonamides is 1. The van der Waals surface area contributed by atoms with Crippen molar-refractivity contribution in [1.29, 1.82) is 0 Å². The highest BCUT2D eigenvalue weighted by molar-refractivity contribution is 7.91. The van der Waals surface area contributed by atoms with Gasteiger partial charge < -0.3 is 5.32 Å². The highest BCUT2D eigenvalue weighted by atomic mass is 32.2. The molecule has 1 saturated carbocycles. The van der Waals surface area contributed by atoms with Crippen LogP contribution in [0.3, 0.4) is 0 Å². The summed E-state index contributed by atoms with van der Waals surface area (Å²) in [7, 11) is -3.25. The first-order chi connectivity index (χ1) is 10.1. The van der Waals surface area contributed by atoms with Gasteiger partial charge in [0.1, 0.15) is 4.21 Å². The zero-order valence-electron chi connectivity index (χ0n) is 12.5. The lowest BCUT2D eigenvalue weighted by atomic mass is 10.1. The smallest absolute Gasteiger partial charge is 0.252 e. The van der Waals surface area contributed by atoms with Crippen LogP contribution in [0.25, 0.3) is 0 Å². The van der Waals surface area contributed by atoms with Crippen LogP contribution in [0.15, 0.2) is 16.3 Å². The van der Waals surface area contributed by atoms with Crippen LogP contribution in [0.2, 0.25) is 0 Å². The predicted molar refractivity (Wildman–Crippen MR) is 86.2 cm³/mol. The van der Waals surface area contributed by atoms with Gasteiger partial charge in [-0.15, -0.1) is 11.3 Å². The van der Waals surface area contributed by atoms with Gasteiger partial charge in [0, 0.05) is 17.5 Å². The van der Waals surface area contributed by atoms with Gasteiger partial charge in [0.25, 0.3) is 10.0 Å². The van der Waals surface area contributed by atoms with Crippen molar-refractivity contribution in [3.8, 4) is 0 Å². The largest absolute Gasteiger partial charge is 0.316 e. The van der Waals surface area contributed by atoms with Gasteiger partial charge in [-0.2, -0.15) is 4.31 Å². The van der Waals surface area contributed by atoms with Crippen LogP contribution in [0.4, 0.5) is 0 Å². The third kappa shape index (κ3) is 3.18. The molecular weight excluding hydrogens is 304 g/mol. The molecule has 3 rings (SSSR count). The maximum absolute atomic E-state index is 12.7. The van der Waals surface area contributed by atoms with Gasteiger partial charge >= 0.3 is 0 Å². The number of hydrogen-bond donors (Lipinski definition) is 1. The summed E-state index contributed by atoms with van der Waals surface area (Å²) in [5, 5.41) is 3.36. The summed E-state index contributed by atoms with van der Waals surface area (Å²) in [6.45, 7) is 4.82. The zero-order chi connectivity index (χ0) is 14.9. The van der Waals surface area contributed by atoms with E-state index >= 15 is 0 Å². The minimum atomic E-state index is -3.25. The third-order valence-corrected chi connectivity index (χ3v) is 8.06. The van der Waals surface area contributed by atoms with E-state index in [0.29, 0.717) is 10.1 Å². The van der Waals surface area contributed by atoms with E-state index in [2.05, 4.69) is 12.2 Å². The van der Waals surface area contributed by atoms with Crippen molar-refractivity contribution in [2.45, 2.75) is 49.3 Å². The van der Waals surface area contributed by atoms with E-state index in [1.165, 1.54) is 17.8 Å². The van der Waals surface area contributed by atoms with Crippen LogP contribution < -0.4 is 5.32 Å². The topological polar surface area (TPSA) is 49.4 Å². The maximum atomic E-state index is 12.7. The Hall–Kier alpha value is -0.430. The van der Waals surface area contributed by atoms with Crippen molar-refractivity contribution >= 4 is 21.4 Å². The molecule has 2 bridgehead atoms. The van der Waals surface area contributed by atoms with Crippen molar-refractivity contribution < 1.29 is 8.42 Å². The summed E-state index contributed by atoms with van der Waals surface area (Å²) in [6.07, 6.45) is 5.35. The molecule has 118 valence electrons. The van der Waals surface area contributed by atoms with E-state index in [1.54, 1.807) is 10.4 Å². The fourth-order valence-electron chi connectivity index (χ4n) is 3.43. The van der Waals surface area contributed by atoms with Gasteiger partial charge in [-0.05, 0) is 63.2 Å². The third-order valence-electron chi connectivity index (χ3n) is 4.53. The molecule has 1 N–H and O–H groups in total. The number of piperidine rings is 1. The van der Waals surface area contributed by atoms with Crippen molar-refractivity contribution in [2.75, 3.05) is 19.6 Å². The molecule has 2 fully saturated rings. The lowest BCUT2D eigenvalue weighted by molar-refractivity contribution is 0.334. The summed E-state index contributed by atoms with van der Waals surface area (Å²) in [4.78, 5) is 1.15. The highest BCUT2D eigenvalue weighted by Gasteiger charge is 2.44. The van der Waals surface area contributed by atoms with E-state index in [-0.39, 0.29) is 6.04 Å². The molecule has 6 heteroatoms. The van der Waals surface area contributed by atoms with Crippen LogP contribution in [-0.2, 0) is 16.4 Å². The van der Waals surface area contributed by atoms with Crippen LogP contribution in [0.5, 0.6) is 0 Å². The van der Waals surface area contributed by atoms with Gasteiger partial charge in [-0.25, -0.2) is 8.42 Å². The molecule has 0 spiro atoms. The Labute approximate surface area is 131 Å². The first-order valence-corrected chi connectivity index (χ1v) is 10.2. The summed E-state index contributed by atoms with van der Waals surface area (Å²) in [5.74, 6) is 0.599. The Bertz CT molecular complexity index is 582. The molecule has 21 heavy (non-hydrogen) atoms. The summed E-state index contributed by atoms with van der Waals surface area (Å²) in [6, 6.07) is 4.03. The van der Waals surface area contributed by atoms with E-state index in [9.17, 15) is 8.42 Å². The van der Waals surface area contributed by atoms with E-state index in [0.717, 1.165) is 50.2 Å². The van der Waals surface area contributed by atoms with Gasteiger partial charge in [0.15, 0.2) is 0 Å². The Morgan fingerprint density at radius 3 is 2.86 bits per heavy atom. The van der Waals surface area contributed by atoms with Crippen molar-refractivity contribution in [3.63, 3.8) is 0 Å². The van der Waals surface area contributed by atoms with E-state index < -0.39 is 10.0 Å². The van der Waals surface area contributed by atoms with Crippen LogP contribution in [0, 0.1) is 5.92 Å². The molecule has 1 aromatic rings. The number of nitrogens with zero attached hydrogens (tertiary/aromatic N) is 1. The van der Waals surface area contributed by atoms with Crippen LogP contribution >= 0.6 is 11.3 Å². The molecule has 0 aromatic carbocycles. The Balaban J connectivity index is 1.65. The van der Waals surface area contributed by atoms with Gasteiger partial charge in [-0.1, -0.05) is 6.92 Å². The zero-order valence-corrected chi connectivity index (χ0v) is 14.2. The molecule has 2 atom stereocenters. The van der Waals surface area contributed by atoms with Crippen molar-refractivity contribution in [2.24, 2.45) is 5.92 Å². The number of fused-ring (bicyclic) bond motifs is 2. The number of hydrogen-bond acceptors (Lipinski definition) is 4. The molecule has 1 saturated heterocycles. The molecule has 1 aliphatic heterocycles.